The van der Waals surface area contributed by atoms with E-state index in [-0.39, 0.29) is 11.3 Å². The van der Waals surface area contributed by atoms with Gasteiger partial charge in [0.1, 0.15) is 11.6 Å². The number of nitriles is 1. The van der Waals surface area contributed by atoms with Gasteiger partial charge in [0.15, 0.2) is 0 Å². The maximum absolute atomic E-state index is 10.8. The number of piperazine rings is 1. The maximum Gasteiger partial charge on any atom is 0.287 e. The van der Waals surface area contributed by atoms with Crippen LogP contribution in [0.15, 0.2) is 18.2 Å². The molecule has 6 nitrogen and oxygen atoms in total. The van der Waals surface area contributed by atoms with Crippen molar-refractivity contribution in [2.75, 3.05) is 37.6 Å². The van der Waals surface area contributed by atoms with Gasteiger partial charge in [0.2, 0.25) is 0 Å². The van der Waals surface area contributed by atoms with Crippen LogP contribution in [0.1, 0.15) is 19.4 Å². The molecule has 1 aliphatic heterocycles. The predicted molar refractivity (Wildman–Crippen MR) is 81.3 cm³/mol. The summed E-state index contributed by atoms with van der Waals surface area (Å²) in [5, 5.41) is 19.9. The quantitative estimate of drug-likeness (QED) is 0.627. The minimum atomic E-state index is -0.511. The number of anilines is 1. The monoisotopic (exact) mass is 288 g/mol. The van der Waals surface area contributed by atoms with Gasteiger partial charge in [-0.05, 0) is 18.1 Å². The van der Waals surface area contributed by atoms with E-state index in [0.29, 0.717) is 5.92 Å². The van der Waals surface area contributed by atoms with Crippen LogP contribution in [0.4, 0.5) is 11.4 Å². The van der Waals surface area contributed by atoms with Crippen molar-refractivity contribution in [2.45, 2.75) is 13.8 Å². The van der Waals surface area contributed by atoms with Crippen LogP contribution in [-0.2, 0) is 0 Å². The lowest BCUT2D eigenvalue weighted by Crippen LogP contribution is -2.47. The van der Waals surface area contributed by atoms with Crippen molar-refractivity contribution in [2.24, 2.45) is 5.92 Å². The lowest BCUT2D eigenvalue weighted by atomic mass is 10.1. The summed E-state index contributed by atoms with van der Waals surface area (Å²) in [4.78, 5) is 14.9. The molecular weight excluding hydrogens is 268 g/mol. The molecule has 0 saturated carbocycles. The zero-order valence-electron chi connectivity index (χ0n) is 12.5. The van der Waals surface area contributed by atoms with E-state index in [1.165, 1.54) is 6.07 Å². The van der Waals surface area contributed by atoms with E-state index in [2.05, 4.69) is 23.6 Å². The van der Waals surface area contributed by atoms with Crippen molar-refractivity contribution in [1.29, 1.82) is 5.26 Å². The zero-order valence-corrected chi connectivity index (χ0v) is 12.5. The molecule has 0 N–H and O–H groups in total. The fourth-order valence-electron chi connectivity index (χ4n) is 2.67. The Bertz CT molecular complexity index is 557. The Hall–Kier alpha value is -2.13. The van der Waals surface area contributed by atoms with Crippen molar-refractivity contribution >= 4 is 11.4 Å². The summed E-state index contributed by atoms with van der Waals surface area (Å²) < 4.78 is 0. The molecule has 112 valence electrons. The average Bonchev–Trinajstić information content (AvgIpc) is 2.46. The molecule has 0 radical (unpaired) electrons. The van der Waals surface area contributed by atoms with Gasteiger partial charge in [0.05, 0.1) is 4.92 Å². The van der Waals surface area contributed by atoms with E-state index in [1.54, 1.807) is 12.1 Å². The fraction of sp³-hybridized carbons (Fsp3) is 0.533. The number of hydrogen-bond donors (Lipinski definition) is 0. The summed E-state index contributed by atoms with van der Waals surface area (Å²) in [5.41, 5.74) is 0.892. The SMILES string of the molecule is CC(C)CN1CCN(c2ccc([N+](=O)[O-])c(C#N)c2)CC1. The topological polar surface area (TPSA) is 73.4 Å². The summed E-state index contributed by atoms with van der Waals surface area (Å²) in [7, 11) is 0. The first kappa shape index (κ1) is 15.3. The van der Waals surface area contributed by atoms with E-state index in [4.69, 9.17) is 5.26 Å². The molecule has 0 bridgehead atoms. The van der Waals surface area contributed by atoms with Crippen LogP contribution in [0.2, 0.25) is 0 Å². The first-order valence-corrected chi connectivity index (χ1v) is 7.17. The number of hydrogen-bond acceptors (Lipinski definition) is 5. The second-order valence-corrected chi connectivity index (χ2v) is 5.75. The highest BCUT2D eigenvalue weighted by atomic mass is 16.6. The van der Waals surface area contributed by atoms with Crippen molar-refractivity contribution in [3.8, 4) is 6.07 Å². The molecule has 0 unspecified atom stereocenters. The minimum Gasteiger partial charge on any atom is -0.369 e. The second kappa shape index (κ2) is 6.55. The van der Waals surface area contributed by atoms with Gasteiger partial charge in [-0.25, -0.2) is 0 Å². The molecule has 21 heavy (non-hydrogen) atoms. The second-order valence-electron chi connectivity index (χ2n) is 5.75. The molecule has 1 heterocycles. The normalized spacial score (nSPS) is 16.0. The van der Waals surface area contributed by atoms with Gasteiger partial charge in [-0.2, -0.15) is 5.26 Å². The Kier molecular flexibility index (Phi) is 4.76. The van der Waals surface area contributed by atoms with Crippen molar-refractivity contribution in [1.82, 2.24) is 4.90 Å². The average molecular weight is 288 g/mol. The molecule has 1 fully saturated rings. The fourth-order valence-corrected chi connectivity index (χ4v) is 2.67. The highest BCUT2D eigenvalue weighted by Crippen LogP contribution is 2.25. The summed E-state index contributed by atoms with van der Waals surface area (Å²) in [6.45, 7) is 9.25. The van der Waals surface area contributed by atoms with Crippen LogP contribution < -0.4 is 4.90 Å². The van der Waals surface area contributed by atoms with Gasteiger partial charge in [0.25, 0.3) is 5.69 Å². The molecule has 6 heteroatoms. The van der Waals surface area contributed by atoms with Gasteiger partial charge in [0, 0.05) is 44.5 Å². The lowest BCUT2D eigenvalue weighted by Gasteiger charge is -2.36. The lowest BCUT2D eigenvalue weighted by molar-refractivity contribution is -0.385. The predicted octanol–water partition coefficient (Wildman–Crippen LogP) is 2.24. The Balaban J connectivity index is 2.07. The van der Waals surface area contributed by atoms with Gasteiger partial charge in [-0.3, -0.25) is 15.0 Å². The molecule has 1 aromatic carbocycles. The smallest absolute Gasteiger partial charge is 0.287 e. The molecule has 1 saturated heterocycles. The molecule has 0 amide bonds. The summed E-state index contributed by atoms with van der Waals surface area (Å²) in [6.07, 6.45) is 0. The molecule has 2 rings (SSSR count). The Labute approximate surface area is 124 Å². The highest BCUT2D eigenvalue weighted by molar-refractivity contribution is 5.60. The van der Waals surface area contributed by atoms with Gasteiger partial charge < -0.3 is 4.90 Å². The van der Waals surface area contributed by atoms with E-state index < -0.39 is 4.92 Å². The number of nitro groups is 1. The van der Waals surface area contributed by atoms with Crippen LogP contribution in [0.25, 0.3) is 0 Å². The largest absolute Gasteiger partial charge is 0.369 e. The Morgan fingerprint density at radius 2 is 2.00 bits per heavy atom. The molecule has 0 aliphatic carbocycles. The van der Waals surface area contributed by atoms with Crippen LogP contribution in [0.5, 0.6) is 0 Å². The van der Waals surface area contributed by atoms with Crippen LogP contribution >= 0.6 is 0 Å². The molecule has 1 aliphatic rings. The standard InChI is InChI=1S/C15H20N4O2/c1-12(2)11-17-5-7-18(8-6-17)14-3-4-15(19(20)21)13(9-14)10-16/h3-4,9,12H,5-8,11H2,1-2H3. The zero-order chi connectivity index (χ0) is 15.4. The first-order chi connectivity index (χ1) is 10.0. The Morgan fingerprint density at radius 1 is 1.33 bits per heavy atom. The number of benzene rings is 1. The maximum atomic E-state index is 10.8. The van der Waals surface area contributed by atoms with Crippen molar-refractivity contribution < 1.29 is 4.92 Å². The summed E-state index contributed by atoms with van der Waals surface area (Å²) >= 11 is 0. The van der Waals surface area contributed by atoms with E-state index in [0.717, 1.165) is 38.4 Å². The van der Waals surface area contributed by atoms with Gasteiger partial charge >= 0.3 is 0 Å². The highest BCUT2D eigenvalue weighted by Gasteiger charge is 2.20. The van der Waals surface area contributed by atoms with Crippen LogP contribution in [-0.4, -0.2) is 42.5 Å². The van der Waals surface area contributed by atoms with Crippen LogP contribution in [0.3, 0.4) is 0 Å². The van der Waals surface area contributed by atoms with Crippen molar-refractivity contribution in [3.05, 3.63) is 33.9 Å². The van der Waals surface area contributed by atoms with E-state index in [1.807, 2.05) is 6.07 Å². The number of nitro benzene ring substituents is 1. The van der Waals surface area contributed by atoms with E-state index in [9.17, 15) is 10.1 Å². The number of rotatable bonds is 4. The Morgan fingerprint density at radius 3 is 2.52 bits per heavy atom. The van der Waals surface area contributed by atoms with Gasteiger partial charge in [-0.1, -0.05) is 13.8 Å². The molecular formula is C15H20N4O2. The molecule has 0 spiro atoms. The minimum absolute atomic E-state index is 0.125. The molecule has 0 atom stereocenters. The molecule has 0 aromatic heterocycles. The summed E-state index contributed by atoms with van der Waals surface area (Å²) in [6, 6.07) is 6.69. The third kappa shape index (κ3) is 3.70. The van der Waals surface area contributed by atoms with Gasteiger partial charge in [-0.15, -0.1) is 0 Å². The number of nitrogens with zero attached hydrogens (tertiary/aromatic N) is 4. The summed E-state index contributed by atoms with van der Waals surface area (Å²) in [5.74, 6) is 0.654. The van der Waals surface area contributed by atoms with Crippen molar-refractivity contribution in [3.63, 3.8) is 0 Å². The van der Waals surface area contributed by atoms with Crippen LogP contribution in [0, 0.1) is 27.4 Å². The molecule has 1 aromatic rings. The third-order valence-corrected chi connectivity index (χ3v) is 3.66. The first-order valence-electron chi connectivity index (χ1n) is 7.17. The third-order valence-electron chi connectivity index (χ3n) is 3.66. The van der Waals surface area contributed by atoms with E-state index >= 15 is 0 Å².